The number of guanidine groups is 1. The van der Waals surface area contributed by atoms with Crippen LogP contribution < -0.4 is 10.6 Å². The molecule has 0 saturated heterocycles. The van der Waals surface area contributed by atoms with E-state index in [2.05, 4.69) is 15.6 Å². The lowest BCUT2D eigenvalue weighted by Gasteiger charge is -2.17. The van der Waals surface area contributed by atoms with Crippen molar-refractivity contribution in [1.29, 1.82) is 0 Å². The predicted octanol–water partition coefficient (Wildman–Crippen LogP) is 3.28. The highest BCUT2D eigenvalue weighted by molar-refractivity contribution is 14.0. The molecule has 0 heterocycles. The van der Waals surface area contributed by atoms with Gasteiger partial charge in [-0.25, -0.2) is 8.78 Å². The number of halogens is 3. The number of aliphatic imine (C=N–C) groups is 1. The molecule has 0 fully saturated rings. The van der Waals surface area contributed by atoms with Gasteiger partial charge in [-0.15, -0.1) is 24.0 Å². The van der Waals surface area contributed by atoms with E-state index in [1.165, 1.54) is 12.1 Å². The van der Waals surface area contributed by atoms with Crippen LogP contribution >= 0.6 is 24.0 Å². The number of nitrogens with zero attached hydrogens (tertiary/aromatic N) is 1. The zero-order chi connectivity index (χ0) is 16.4. The summed E-state index contributed by atoms with van der Waals surface area (Å²) in [4.78, 5) is 4.11. The molecule has 0 spiro atoms. The van der Waals surface area contributed by atoms with Crippen LogP contribution in [0.25, 0.3) is 0 Å². The third kappa shape index (κ3) is 8.45. The molecular formula is C16H26F2IN3O. The summed E-state index contributed by atoms with van der Waals surface area (Å²) in [5.74, 6) is -0.518. The Morgan fingerprint density at radius 3 is 2.65 bits per heavy atom. The summed E-state index contributed by atoms with van der Waals surface area (Å²) in [6.45, 7) is 6.52. The van der Waals surface area contributed by atoms with Gasteiger partial charge < -0.3 is 15.4 Å². The Balaban J connectivity index is 0.00000484. The van der Waals surface area contributed by atoms with Crippen molar-refractivity contribution < 1.29 is 13.5 Å². The van der Waals surface area contributed by atoms with Crippen molar-refractivity contribution >= 4 is 29.9 Å². The summed E-state index contributed by atoms with van der Waals surface area (Å²) < 4.78 is 31.9. The third-order valence-electron chi connectivity index (χ3n) is 3.25. The highest BCUT2D eigenvalue weighted by Gasteiger charge is 2.12. The van der Waals surface area contributed by atoms with E-state index in [0.717, 1.165) is 19.0 Å². The fourth-order valence-electron chi connectivity index (χ4n) is 2.01. The Morgan fingerprint density at radius 2 is 2.04 bits per heavy atom. The summed E-state index contributed by atoms with van der Waals surface area (Å²) in [5.41, 5.74) is 0.487. The Labute approximate surface area is 154 Å². The van der Waals surface area contributed by atoms with E-state index in [0.29, 0.717) is 31.3 Å². The summed E-state index contributed by atoms with van der Waals surface area (Å²) >= 11 is 0. The van der Waals surface area contributed by atoms with Gasteiger partial charge in [0.2, 0.25) is 0 Å². The predicted molar refractivity (Wildman–Crippen MR) is 101 cm³/mol. The molecule has 2 N–H and O–H groups in total. The third-order valence-corrected chi connectivity index (χ3v) is 3.25. The lowest BCUT2D eigenvalue weighted by molar-refractivity contribution is 0.145. The first-order chi connectivity index (χ1) is 10.6. The molecule has 0 aliphatic rings. The second-order valence-electron chi connectivity index (χ2n) is 5.00. The van der Waals surface area contributed by atoms with Gasteiger partial charge in [0.15, 0.2) is 5.96 Å². The molecule has 1 aromatic carbocycles. The van der Waals surface area contributed by atoms with E-state index >= 15 is 0 Å². The molecule has 1 atom stereocenters. The van der Waals surface area contributed by atoms with Gasteiger partial charge >= 0.3 is 0 Å². The molecule has 0 radical (unpaired) electrons. The smallest absolute Gasteiger partial charge is 0.190 e. The molecule has 4 nitrogen and oxygen atoms in total. The molecule has 1 aromatic rings. The number of ether oxygens (including phenoxy) is 1. The summed E-state index contributed by atoms with van der Waals surface area (Å²) in [6, 6.07) is 3.66. The van der Waals surface area contributed by atoms with Crippen LogP contribution in [0.3, 0.4) is 0 Å². The highest BCUT2D eigenvalue weighted by atomic mass is 127. The molecule has 7 heteroatoms. The Morgan fingerprint density at radius 1 is 1.30 bits per heavy atom. The van der Waals surface area contributed by atoms with Gasteiger partial charge in [0.1, 0.15) is 11.6 Å². The number of nitrogens with one attached hydrogen (secondary N) is 2. The highest BCUT2D eigenvalue weighted by Crippen LogP contribution is 2.18. The quantitative estimate of drug-likeness (QED) is 0.282. The SMILES string of the molecule is CCOCCCNC(=NC)NCC(C)c1ccc(F)cc1F.I. The number of hydrogen-bond acceptors (Lipinski definition) is 2. The van der Waals surface area contributed by atoms with Crippen LogP contribution in [0.4, 0.5) is 8.78 Å². The zero-order valence-corrected chi connectivity index (χ0v) is 16.2. The fraction of sp³-hybridized carbons (Fsp3) is 0.562. The first kappa shape index (κ1) is 22.0. The number of benzene rings is 1. The van der Waals surface area contributed by atoms with E-state index in [1.54, 1.807) is 7.05 Å². The monoisotopic (exact) mass is 441 g/mol. The summed E-state index contributed by atoms with van der Waals surface area (Å²) in [6.07, 6.45) is 0.886. The fourth-order valence-corrected chi connectivity index (χ4v) is 2.01. The van der Waals surface area contributed by atoms with E-state index < -0.39 is 11.6 Å². The van der Waals surface area contributed by atoms with Crippen molar-refractivity contribution in [2.45, 2.75) is 26.2 Å². The van der Waals surface area contributed by atoms with Gasteiger partial charge in [-0.05, 0) is 25.0 Å². The average molecular weight is 441 g/mol. The second-order valence-corrected chi connectivity index (χ2v) is 5.00. The van der Waals surface area contributed by atoms with Crippen molar-refractivity contribution in [3.8, 4) is 0 Å². The molecule has 0 aromatic heterocycles. The van der Waals surface area contributed by atoms with E-state index in [4.69, 9.17) is 4.74 Å². The maximum absolute atomic E-state index is 13.7. The maximum atomic E-state index is 13.7. The molecule has 1 rings (SSSR count). The van der Waals surface area contributed by atoms with Gasteiger partial charge in [0, 0.05) is 45.3 Å². The Kier molecular flexibility index (Phi) is 11.9. The van der Waals surface area contributed by atoms with Crippen LogP contribution in [-0.2, 0) is 4.74 Å². The van der Waals surface area contributed by atoms with Gasteiger partial charge in [0.25, 0.3) is 0 Å². The first-order valence-electron chi connectivity index (χ1n) is 7.55. The first-order valence-corrected chi connectivity index (χ1v) is 7.55. The van der Waals surface area contributed by atoms with Gasteiger partial charge in [-0.3, -0.25) is 4.99 Å². The normalized spacial score (nSPS) is 12.5. The minimum atomic E-state index is -0.562. The molecule has 0 saturated carbocycles. The van der Waals surface area contributed by atoms with Crippen molar-refractivity contribution in [3.63, 3.8) is 0 Å². The average Bonchev–Trinajstić information content (AvgIpc) is 2.49. The Hall–Kier alpha value is -0.960. The van der Waals surface area contributed by atoms with Crippen LogP contribution in [0.2, 0.25) is 0 Å². The van der Waals surface area contributed by atoms with Crippen LogP contribution in [0.5, 0.6) is 0 Å². The number of rotatable bonds is 8. The maximum Gasteiger partial charge on any atom is 0.190 e. The van der Waals surface area contributed by atoms with Crippen molar-refractivity contribution in [2.75, 3.05) is 33.4 Å². The number of hydrogen-bond donors (Lipinski definition) is 2. The second kappa shape index (κ2) is 12.5. The standard InChI is InChI=1S/C16H25F2N3O.HI/c1-4-22-9-5-8-20-16(19-3)21-11-12(2)14-7-6-13(17)10-15(14)18;/h6-7,10,12H,4-5,8-9,11H2,1-3H3,(H2,19,20,21);1H. The van der Waals surface area contributed by atoms with Crippen molar-refractivity contribution in [1.82, 2.24) is 10.6 Å². The van der Waals surface area contributed by atoms with Gasteiger partial charge in [-0.1, -0.05) is 13.0 Å². The van der Waals surface area contributed by atoms with Crippen molar-refractivity contribution in [2.24, 2.45) is 4.99 Å². The lowest BCUT2D eigenvalue weighted by atomic mass is 10.0. The van der Waals surface area contributed by atoms with Gasteiger partial charge in [-0.2, -0.15) is 0 Å². The zero-order valence-electron chi connectivity index (χ0n) is 13.9. The summed E-state index contributed by atoms with van der Waals surface area (Å²) in [5, 5.41) is 6.30. The van der Waals surface area contributed by atoms with E-state index in [1.807, 2.05) is 13.8 Å². The van der Waals surface area contributed by atoms with Gasteiger partial charge in [0.05, 0.1) is 0 Å². The van der Waals surface area contributed by atoms with E-state index in [9.17, 15) is 8.78 Å². The molecule has 0 aliphatic carbocycles. The van der Waals surface area contributed by atoms with Crippen LogP contribution in [-0.4, -0.2) is 39.3 Å². The molecular weight excluding hydrogens is 415 g/mol. The van der Waals surface area contributed by atoms with Crippen LogP contribution in [0, 0.1) is 11.6 Å². The lowest BCUT2D eigenvalue weighted by Crippen LogP contribution is -2.39. The minimum absolute atomic E-state index is 0. The van der Waals surface area contributed by atoms with Crippen LogP contribution in [0.1, 0.15) is 31.7 Å². The summed E-state index contributed by atoms with van der Waals surface area (Å²) in [7, 11) is 1.68. The molecule has 0 bridgehead atoms. The van der Waals surface area contributed by atoms with Crippen LogP contribution in [0.15, 0.2) is 23.2 Å². The minimum Gasteiger partial charge on any atom is -0.382 e. The molecule has 0 amide bonds. The molecule has 132 valence electrons. The largest absolute Gasteiger partial charge is 0.382 e. The topological polar surface area (TPSA) is 45.6 Å². The molecule has 1 unspecified atom stereocenters. The molecule has 23 heavy (non-hydrogen) atoms. The molecule has 0 aliphatic heterocycles. The van der Waals surface area contributed by atoms with E-state index in [-0.39, 0.29) is 29.9 Å². The van der Waals surface area contributed by atoms with Crippen molar-refractivity contribution in [3.05, 3.63) is 35.4 Å². The Bertz CT molecular complexity index is 486.